The molecule has 1 N–H and O–H groups in total. The van der Waals surface area contributed by atoms with Gasteiger partial charge in [0.15, 0.2) is 0 Å². The highest BCUT2D eigenvalue weighted by Crippen LogP contribution is 2.45. The van der Waals surface area contributed by atoms with Crippen LogP contribution in [0, 0.1) is 17.8 Å². The second-order valence-corrected chi connectivity index (χ2v) is 11.4. The normalized spacial score (nSPS) is 17.3. The Hall–Kier alpha value is -2.73. The number of anilines is 1. The molecule has 6 heteroatoms. The van der Waals surface area contributed by atoms with Crippen LogP contribution in [0.5, 0.6) is 11.5 Å². The van der Waals surface area contributed by atoms with Gasteiger partial charge in [0.2, 0.25) is 0 Å². The molecule has 6 nitrogen and oxygen atoms in total. The van der Waals surface area contributed by atoms with Crippen molar-refractivity contribution < 1.29 is 19.4 Å². The van der Waals surface area contributed by atoms with Crippen LogP contribution in [0.25, 0.3) is 0 Å². The second-order valence-electron chi connectivity index (χ2n) is 11.4. The van der Waals surface area contributed by atoms with Crippen LogP contribution in [-0.4, -0.2) is 56.4 Å². The predicted molar refractivity (Wildman–Crippen MR) is 149 cm³/mol. The van der Waals surface area contributed by atoms with Crippen molar-refractivity contribution in [3.63, 3.8) is 0 Å². The Bertz CT molecular complexity index is 1030. The molecule has 0 aromatic heterocycles. The van der Waals surface area contributed by atoms with E-state index >= 15 is 0 Å². The molecule has 2 aromatic rings. The molecule has 0 radical (unpaired) electrons. The van der Waals surface area contributed by atoms with Gasteiger partial charge < -0.3 is 24.4 Å². The number of piperidine rings is 1. The summed E-state index contributed by atoms with van der Waals surface area (Å²) >= 11 is 0. The van der Waals surface area contributed by atoms with E-state index in [-0.39, 0.29) is 12.3 Å². The zero-order valence-electron chi connectivity index (χ0n) is 23.0. The number of methoxy groups -OCH3 is 1. The van der Waals surface area contributed by atoms with Gasteiger partial charge in [0, 0.05) is 37.9 Å². The lowest BCUT2D eigenvalue weighted by Crippen LogP contribution is -2.36. The van der Waals surface area contributed by atoms with E-state index in [9.17, 15) is 9.90 Å². The Kier molecular flexibility index (Phi) is 9.36. The Morgan fingerprint density at radius 3 is 2.49 bits per heavy atom. The molecule has 2 fully saturated rings. The molecule has 0 spiro atoms. The topological polar surface area (TPSA) is 62.2 Å². The smallest absolute Gasteiger partial charge is 0.303 e. The highest BCUT2D eigenvalue weighted by Gasteiger charge is 2.34. The van der Waals surface area contributed by atoms with E-state index in [0.29, 0.717) is 24.4 Å². The van der Waals surface area contributed by atoms with Gasteiger partial charge in [-0.05, 0) is 85.7 Å². The van der Waals surface area contributed by atoms with Gasteiger partial charge >= 0.3 is 5.97 Å². The predicted octanol–water partition coefficient (Wildman–Crippen LogP) is 6.05. The molecule has 1 saturated heterocycles. The van der Waals surface area contributed by atoms with Crippen LogP contribution in [0.2, 0.25) is 0 Å². The molecule has 1 unspecified atom stereocenters. The number of carboxylic acids is 1. The van der Waals surface area contributed by atoms with Crippen molar-refractivity contribution in [1.82, 2.24) is 4.90 Å². The van der Waals surface area contributed by atoms with Crippen LogP contribution in [0.1, 0.15) is 63.0 Å². The third kappa shape index (κ3) is 7.88. The lowest BCUT2D eigenvalue weighted by Gasteiger charge is -2.35. The lowest BCUT2D eigenvalue weighted by molar-refractivity contribution is -0.137. The fourth-order valence-corrected chi connectivity index (χ4v) is 5.71. The highest BCUT2D eigenvalue weighted by atomic mass is 16.5. The third-order valence-electron chi connectivity index (χ3n) is 7.72. The second kappa shape index (κ2) is 12.7. The van der Waals surface area contributed by atoms with Gasteiger partial charge in [-0.1, -0.05) is 32.0 Å². The first-order valence-corrected chi connectivity index (χ1v) is 13.9. The molecule has 0 amide bonds. The number of ether oxygens (including phenoxy) is 2. The summed E-state index contributed by atoms with van der Waals surface area (Å²) in [4.78, 5) is 16.3. The number of carboxylic acid groups (broad SMARTS) is 1. The van der Waals surface area contributed by atoms with Crippen molar-refractivity contribution in [3.05, 3.63) is 53.6 Å². The molecular formula is C31H44N2O4. The van der Waals surface area contributed by atoms with Gasteiger partial charge in [0.05, 0.1) is 20.1 Å². The SMILES string of the molecule is COc1ccc(CN(C)CC(C)C)c(N2CCC(COc3cccc(C(CC(=O)O)C4CC4)c3)CC2)c1. The van der Waals surface area contributed by atoms with E-state index in [1.54, 1.807) is 7.11 Å². The first-order chi connectivity index (χ1) is 17.8. The Balaban J connectivity index is 1.34. The summed E-state index contributed by atoms with van der Waals surface area (Å²) in [5, 5.41) is 9.35. The van der Waals surface area contributed by atoms with Gasteiger partial charge in [-0.3, -0.25) is 4.79 Å². The van der Waals surface area contributed by atoms with Crippen LogP contribution < -0.4 is 14.4 Å². The van der Waals surface area contributed by atoms with Crippen LogP contribution in [0.15, 0.2) is 42.5 Å². The van der Waals surface area contributed by atoms with Gasteiger partial charge in [-0.25, -0.2) is 0 Å². The molecule has 0 bridgehead atoms. The molecule has 202 valence electrons. The van der Waals surface area contributed by atoms with E-state index in [2.05, 4.69) is 61.0 Å². The summed E-state index contributed by atoms with van der Waals surface area (Å²) in [5.41, 5.74) is 3.74. The average molecular weight is 509 g/mol. The van der Waals surface area contributed by atoms with Crippen molar-refractivity contribution >= 4 is 11.7 Å². The van der Waals surface area contributed by atoms with Gasteiger partial charge in [-0.2, -0.15) is 0 Å². The van der Waals surface area contributed by atoms with E-state index < -0.39 is 5.97 Å². The molecule has 1 saturated carbocycles. The third-order valence-corrected chi connectivity index (χ3v) is 7.72. The number of nitrogens with zero attached hydrogens (tertiary/aromatic N) is 2. The van der Waals surface area contributed by atoms with Gasteiger partial charge in [0.1, 0.15) is 11.5 Å². The Labute approximate surface area is 222 Å². The van der Waals surface area contributed by atoms with Crippen LogP contribution in [0.3, 0.4) is 0 Å². The maximum Gasteiger partial charge on any atom is 0.303 e. The summed E-state index contributed by atoms with van der Waals surface area (Å²) in [7, 11) is 3.93. The molecule has 4 rings (SSSR count). The molecule has 37 heavy (non-hydrogen) atoms. The fraction of sp³-hybridized carbons (Fsp3) is 0.581. The van der Waals surface area contributed by atoms with Gasteiger partial charge in [0.25, 0.3) is 0 Å². The zero-order valence-corrected chi connectivity index (χ0v) is 23.0. The fourth-order valence-electron chi connectivity index (χ4n) is 5.71. The molecule has 1 aliphatic carbocycles. The number of aliphatic carboxylic acids is 1. The van der Waals surface area contributed by atoms with Crippen molar-refractivity contribution in [3.8, 4) is 11.5 Å². The molecule has 1 aliphatic heterocycles. The Morgan fingerprint density at radius 2 is 1.84 bits per heavy atom. The minimum atomic E-state index is -0.722. The molecule has 1 heterocycles. The summed E-state index contributed by atoms with van der Waals surface area (Å²) in [6.45, 7) is 9.23. The number of rotatable bonds is 13. The summed E-state index contributed by atoms with van der Waals surface area (Å²) in [5.74, 6) is 2.79. The minimum Gasteiger partial charge on any atom is -0.497 e. The minimum absolute atomic E-state index is 0.0981. The maximum absolute atomic E-state index is 11.4. The summed E-state index contributed by atoms with van der Waals surface area (Å²) in [6.07, 6.45) is 4.63. The molecule has 1 atom stereocenters. The van der Waals surface area contributed by atoms with Crippen LogP contribution >= 0.6 is 0 Å². The standard InChI is InChI=1S/C31H44N2O4/c1-22(2)19-32(3)20-26-10-11-27(36-4)17-30(26)33-14-12-23(13-15-33)21-37-28-7-5-6-25(16-28)29(18-31(34)35)24-8-9-24/h5-7,10-11,16-17,22-24,29H,8-9,12-15,18-21H2,1-4H3,(H,34,35). The Morgan fingerprint density at radius 1 is 1.08 bits per heavy atom. The number of hydrogen-bond acceptors (Lipinski definition) is 5. The highest BCUT2D eigenvalue weighted by molar-refractivity contribution is 5.68. The monoisotopic (exact) mass is 508 g/mol. The van der Waals surface area contributed by atoms with Crippen molar-refractivity contribution in [2.45, 2.75) is 58.4 Å². The number of hydrogen-bond donors (Lipinski definition) is 1. The quantitative estimate of drug-likeness (QED) is 0.356. The van der Waals surface area contributed by atoms with Crippen molar-refractivity contribution in [2.75, 3.05) is 45.3 Å². The summed E-state index contributed by atoms with van der Waals surface area (Å²) in [6, 6.07) is 14.6. The number of benzene rings is 2. The number of carbonyl (C=O) groups is 1. The largest absolute Gasteiger partial charge is 0.497 e. The van der Waals surface area contributed by atoms with E-state index in [0.717, 1.165) is 68.9 Å². The summed E-state index contributed by atoms with van der Waals surface area (Å²) < 4.78 is 11.8. The first kappa shape index (κ1) is 27.3. The van der Waals surface area contributed by atoms with Crippen molar-refractivity contribution in [1.29, 1.82) is 0 Å². The van der Waals surface area contributed by atoms with Crippen molar-refractivity contribution in [2.24, 2.45) is 17.8 Å². The zero-order chi connectivity index (χ0) is 26.4. The molecular weight excluding hydrogens is 464 g/mol. The molecule has 2 aliphatic rings. The van der Waals surface area contributed by atoms with Crippen LogP contribution in [-0.2, 0) is 11.3 Å². The van der Waals surface area contributed by atoms with E-state index in [4.69, 9.17) is 9.47 Å². The average Bonchev–Trinajstić information content (AvgIpc) is 3.72. The van der Waals surface area contributed by atoms with Crippen LogP contribution in [0.4, 0.5) is 5.69 Å². The molecule has 2 aromatic carbocycles. The van der Waals surface area contributed by atoms with E-state index in [1.807, 2.05) is 12.1 Å². The maximum atomic E-state index is 11.4. The van der Waals surface area contributed by atoms with E-state index in [1.165, 1.54) is 11.3 Å². The first-order valence-electron chi connectivity index (χ1n) is 13.9. The lowest BCUT2D eigenvalue weighted by atomic mass is 9.91. The van der Waals surface area contributed by atoms with Gasteiger partial charge in [-0.15, -0.1) is 0 Å².